The van der Waals surface area contributed by atoms with Crippen LogP contribution in [0.15, 0.2) is 36.4 Å². The van der Waals surface area contributed by atoms with Gasteiger partial charge in [0.15, 0.2) is 5.78 Å². The van der Waals surface area contributed by atoms with Crippen LogP contribution < -0.4 is 10.2 Å². The van der Waals surface area contributed by atoms with Crippen LogP contribution in [0.3, 0.4) is 0 Å². The Morgan fingerprint density at radius 1 is 0.850 bits per heavy atom. The van der Waals surface area contributed by atoms with Crippen LogP contribution in [0.5, 0.6) is 0 Å². The van der Waals surface area contributed by atoms with E-state index in [4.69, 9.17) is 0 Å². The second kappa shape index (κ2) is 4.03. The number of carbonyl (C=O) groups is 3. The summed E-state index contributed by atoms with van der Waals surface area (Å²) in [5.74, 6) is -3.18. The molecular formula is C15H6O5-2. The van der Waals surface area contributed by atoms with Gasteiger partial charge in [-0.25, -0.2) is 0 Å². The van der Waals surface area contributed by atoms with Crippen molar-refractivity contribution in [2.45, 2.75) is 0 Å². The molecule has 5 heteroatoms. The highest BCUT2D eigenvalue weighted by Gasteiger charge is 2.29. The van der Waals surface area contributed by atoms with Gasteiger partial charge in [0.2, 0.25) is 0 Å². The summed E-state index contributed by atoms with van der Waals surface area (Å²) in [7, 11) is 0. The largest absolute Gasteiger partial charge is 0.545 e. The van der Waals surface area contributed by atoms with Crippen LogP contribution in [0.25, 0.3) is 11.1 Å². The number of hydrogen-bond acceptors (Lipinski definition) is 5. The number of rotatable bonds is 2. The van der Waals surface area contributed by atoms with E-state index in [0.29, 0.717) is 5.56 Å². The van der Waals surface area contributed by atoms with Crippen LogP contribution in [0.1, 0.15) is 36.6 Å². The van der Waals surface area contributed by atoms with Gasteiger partial charge in [0.25, 0.3) is 0 Å². The minimum Gasteiger partial charge on any atom is -0.545 e. The predicted molar refractivity (Wildman–Crippen MR) is 64.0 cm³/mol. The van der Waals surface area contributed by atoms with Gasteiger partial charge in [0, 0.05) is 22.3 Å². The molecule has 0 saturated carbocycles. The SMILES string of the molecule is O=C([O-])c1ccc2c(c1)C(=O)c1cccc(C(=O)[O-])c1-2. The monoisotopic (exact) mass is 266 g/mol. The van der Waals surface area contributed by atoms with Crippen LogP contribution >= 0.6 is 0 Å². The smallest absolute Gasteiger partial charge is 0.194 e. The van der Waals surface area contributed by atoms with Gasteiger partial charge in [-0.15, -0.1) is 0 Å². The maximum absolute atomic E-state index is 12.2. The number of carboxylic acids is 2. The zero-order valence-electron chi connectivity index (χ0n) is 10.0. The lowest BCUT2D eigenvalue weighted by molar-refractivity contribution is -0.256. The third-order valence-corrected chi connectivity index (χ3v) is 3.30. The Hall–Kier alpha value is -2.95. The fraction of sp³-hybridized carbons (Fsp3) is 0. The number of ketones is 1. The van der Waals surface area contributed by atoms with Gasteiger partial charge < -0.3 is 19.8 Å². The summed E-state index contributed by atoms with van der Waals surface area (Å²) in [4.78, 5) is 34.2. The molecule has 2 aromatic carbocycles. The lowest BCUT2D eigenvalue weighted by Gasteiger charge is -2.10. The van der Waals surface area contributed by atoms with Crippen molar-refractivity contribution in [3.05, 3.63) is 58.7 Å². The van der Waals surface area contributed by atoms with Crippen molar-refractivity contribution in [2.75, 3.05) is 0 Å². The molecule has 5 nitrogen and oxygen atoms in total. The first-order valence-electron chi connectivity index (χ1n) is 5.75. The number of fused-ring (bicyclic) bond motifs is 3. The molecule has 0 aromatic heterocycles. The number of carboxylic acid groups (broad SMARTS) is 2. The van der Waals surface area contributed by atoms with Gasteiger partial charge in [0.1, 0.15) is 0 Å². The number of hydrogen-bond donors (Lipinski definition) is 0. The number of benzene rings is 2. The van der Waals surface area contributed by atoms with E-state index in [0.717, 1.165) is 0 Å². The van der Waals surface area contributed by atoms with Crippen molar-refractivity contribution in [2.24, 2.45) is 0 Å². The normalized spacial score (nSPS) is 11.9. The second-order valence-corrected chi connectivity index (χ2v) is 4.39. The quantitative estimate of drug-likeness (QED) is 0.630. The highest BCUT2D eigenvalue weighted by atomic mass is 16.4. The molecule has 0 atom stereocenters. The predicted octanol–water partition coefficient (Wildman–Crippen LogP) is -0.375. The molecule has 2 aromatic rings. The first-order chi connectivity index (χ1) is 9.50. The Bertz CT molecular complexity index is 789. The molecule has 3 rings (SSSR count). The van der Waals surface area contributed by atoms with Crippen LogP contribution in [0, 0.1) is 0 Å². The Kier molecular flexibility index (Phi) is 2.44. The first kappa shape index (κ1) is 12.1. The Balaban J connectivity index is 2.32. The van der Waals surface area contributed by atoms with E-state index >= 15 is 0 Å². The van der Waals surface area contributed by atoms with Crippen molar-refractivity contribution in [3.63, 3.8) is 0 Å². The van der Waals surface area contributed by atoms with E-state index < -0.39 is 17.7 Å². The maximum Gasteiger partial charge on any atom is 0.194 e. The van der Waals surface area contributed by atoms with Gasteiger partial charge in [-0.05, 0) is 17.2 Å². The summed E-state index contributed by atoms with van der Waals surface area (Å²) >= 11 is 0. The highest BCUT2D eigenvalue weighted by molar-refractivity contribution is 6.24. The average Bonchev–Trinajstić information content (AvgIpc) is 2.72. The molecule has 0 fully saturated rings. The Labute approximate surface area is 113 Å². The molecule has 0 amide bonds. The van der Waals surface area contributed by atoms with Gasteiger partial charge in [-0.2, -0.15) is 0 Å². The van der Waals surface area contributed by atoms with E-state index in [1.54, 1.807) is 0 Å². The van der Waals surface area contributed by atoms with Gasteiger partial charge in [-0.1, -0.05) is 30.3 Å². The molecule has 0 radical (unpaired) electrons. The van der Waals surface area contributed by atoms with Crippen LogP contribution in [0.4, 0.5) is 0 Å². The molecule has 0 heterocycles. The Morgan fingerprint density at radius 3 is 2.25 bits per heavy atom. The molecule has 0 bridgehead atoms. The van der Waals surface area contributed by atoms with E-state index in [-0.39, 0.29) is 27.8 Å². The van der Waals surface area contributed by atoms with Gasteiger partial charge >= 0.3 is 0 Å². The lowest BCUT2D eigenvalue weighted by Crippen LogP contribution is -2.23. The molecule has 0 unspecified atom stereocenters. The van der Waals surface area contributed by atoms with Gasteiger partial charge in [0.05, 0.1) is 11.9 Å². The summed E-state index contributed by atoms with van der Waals surface area (Å²) in [5, 5.41) is 22.0. The summed E-state index contributed by atoms with van der Waals surface area (Å²) in [6, 6.07) is 8.20. The topological polar surface area (TPSA) is 97.3 Å². The average molecular weight is 266 g/mol. The van der Waals surface area contributed by atoms with Crippen LogP contribution in [-0.2, 0) is 0 Å². The summed E-state index contributed by atoms with van der Waals surface area (Å²) in [6.07, 6.45) is 0. The zero-order chi connectivity index (χ0) is 14.4. The minimum atomic E-state index is -1.39. The molecule has 0 saturated heterocycles. The molecule has 98 valence electrons. The maximum atomic E-state index is 12.2. The fourth-order valence-corrected chi connectivity index (χ4v) is 2.42. The van der Waals surface area contributed by atoms with E-state index in [2.05, 4.69) is 0 Å². The summed E-state index contributed by atoms with van der Waals surface area (Å²) in [6.45, 7) is 0. The highest BCUT2D eigenvalue weighted by Crippen LogP contribution is 2.39. The molecule has 0 N–H and O–H groups in total. The summed E-state index contributed by atoms with van der Waals surface area (Å²) < 4.78 is 0. The van der Waals surface area contributed by atoms with Crippen molar-refractivity contribution in [1.29, 1.82) is 0 Å². The van der Waals surface area contributed by atoms with Crippen molar-refractivity contribution in [3.8, 4) is 11.1 Å². The standard InChI is InChI=1S/C15H8O5/c16-13-9-2-1-3-10(15(19)20)12(9)8-5-4-7(14(17)18)6-11(8)13/h1-6H,(H,17,18)(H,19,20)/p-2. The second-order valence-electron chi connectivity index (χ2n) is 4.39. The third-order valence-electron chi connectivity index (χ3n) is 3.30. The Morgan fingerprint density at radius 2 is 1.60 bits per heavy atom. The lowest BCUT2D eigenvalue weighted by atomic mass is 9.99. The minimum absolute atomic E-state index is 0.0872. The molecule has 1 aliphatic rings. The summed E-state index contributed by atoms with van der Waals surface area (Å²) in [5.41, 5.74) is 0.857. The fourth-order valence-electron chi connectivity index (χ4n) is 2.42. The van der Waals surface area contributed by atoms with E-state index in [1.165, 1.54) is 36.4 Å². The number of aromatic carboxylic acids is 2. The van der Waals surface area contributed by atoms with Crippen LogP contribution in [-0.4, -0.2) is 17.7 Å². The molecule has 0 spiro atoms. The first-order valence-corrected chi connectivity index (χ1v) is 5.75. The van der Waals surface area contributed by atoms with Gasteiger partial charge in [-0.3, -0.25) is 4.79 Å². The molecular weight excluding hydrogens is 260 g/mol. The molecule has 1 aliphatic carbocycles. The van der Waals surface area contributed by atoms with E-state index in [9.17, 15) is 24.6 Å². The third kappa shape index (κ3) is 1.53. The zero-order valence-corrected chi connectivity index (χ0v) is 10.0. The van der Waals surface area contributed by atoms with Crippen LogP contribution in [0.2, 0.25) is 0 Å². The van der Waals surface area contributed by atoms with Crippen molar-refractivity contribution in [1.82, 2.24) is 0 Å². The molecule has 20 heavy (non-hydrogen) atoms. The van der Waals surface area contributed by atoms with E-state index in [1.807, 2.05) is 0 Å². The molecule has 0 aliphatic heterocycles. The van der Waals surface area contributed by atoms with Crippen molar-refractivity contribution < 1.29 is 24.6 Å². The number of carbonyl (C=O) groups excluding carboxylic acids is 3. The van der Waals surface area contributed by atoms with Crippen molar-refractivity contribution >= 4 is 17.7 Å².